The third kappa shape index (κ3) is 5.08. The summed E-state index contributed by atoms with van der Waals surface area (Å²) in [6, 6.07) is -0.912. The van der Waals surface area contributed by atoms with E-state index in [0.717, 1.165) is 0 Å². The second kappa shape index (κ2) is 6.67. The van der Waals surface area contributed by atoms with Crippen LogP contribution in [0.15, 0.2) is 0 Å². The van der Waals surface area contributed by atoms with Crippen molar-refractivity contribution in [3.63, 3.8) is 0 Å². The van der Waals surface area contributed by atoms with Crippen LogP contribution in [0.1, 0.15) is 13.3 Å². The van der Waals surface area contributed by atoms with E-state index in [1.807, 2.05) is 6.26 Å². The smallest absolute Gasteiger partial charge is 0.326 e. The maximum atomic E-state index is 11.0. The molecule has 1 unspecified atom stereocenters. The van der Waals surface area contributed by atoms with Gasteiger partial charge in [0.1, 0.15) is 12.1 Å². The topological polar surface area (TPSA) is 86.6 Å². The molecule has 0 heterocycles. The molecular weight excluding hydrogens is 206 g/mol. The molecule has 0 radical (unpaired) electrons. The average Bonchev–Trinajstić information content (AvgIpc) is 2.10. The molecule has 0 aromatic carbocycles. The Morgan fingerprint density at radius 2 is 2.07 bits per heavy atom. The van der Waals surface area contributed by atoms with Gasteiger partial charge in [-0.3, -0.25) is 4.79 Å². The van der Waals surface area contributed by atoms with Gasteiger partial charge in [0.25, 0.3) is 0 Å². The summed E-state index contributed by atoms with van der Waals surface area (Å²) in [7, 11) is 0. The van der Waals surface area contributed by atoms with E-state index in [-0.39, 0.29) is 0 Å². The number of aliphatic carboxylic acids is 1. The summed E-state index contributed by atoms with van der Waals surface area (Å²) in [5, 5.41) is 19.8. The molecule has 0 rings (SSSR count). The van der Waals surface area contributed by atoms with Gasteiger partial charge in [0, 0.05) is 0 Å². The quantitative estimate of drug-likeness (QED) is 0.572. The van der Waals surface area contributed by atoms with Crippen LogP contribution in [0.4, 0.5) is 0 Å². The highest BCUT2D eigenvalue weighted by Gasteiger charge is 2.21. The van der Waals surface area contributed by atoms with Crippen LogP contribution in [-0.4, -0.2) is 46.2 Å². The molecule has 2 atom stereocenters. The molecule has 82 valence electrons. The number of nitrogens with one attached hydrogen (secondary N) is 1. The van der Waals surface area contributed by atoms with Gasteiger partial charge in [-0.1, -0.05) is 0 Å². The molecule has 0 spiro atoms. The van der Waals surface area contributed by atoms with E-state index in [1.165, 1.54) is 18.7 Å². The van der Waals surface area contributed by atoms with Crippen molar-refractivity contribution in [2.24, 2.45) is 0 Å². The molecule has 0 saturated heterocycles. The maximum Gasteiger partial charge on any atom is 0.326 e. The predicted molar refractivity (Wildman–Crippen MR) is 54.2 cm³/mol. The highest BCUT2D eigenvalue weighted by Crippen LogP contribution is 2.01. The molecule has 0 aliphatic carbocycles. The first-order chi connectivity index (χ1) is 6.49. The molecule has 1 amide bonds. The van der Waals surface area contributed by atoms with Crippen LogP contribution in [-0.2, 0) is 9.59 Å². The maximum absolute atomic E-state index is 11.0. The van der Waals surface area contributed by atoms with E-state index in [9.17, 15) is 9.59 Å². The number of carboxylic acids is 1. The van der Waals surface area contributed by atoms with Crippen LogP contribution in [0.25, 0.3) is 0 Å². The first kappa shape index (κ1) is 13.2. The normalized spacial score (nSPS) is 14.5. The molecule has 0 fully saturated rings. The summed E-state index contributed by atoms with van der Waals surface area (Å²) in [6.45, 7) is 1.29. The summed E-state index contributed by atoms with van der Waals surface area (Å²) in [4.78, 5) is 21.6. The molecule has 14 heavy (non-hydrogen) atoms. The largest absolute Gasteiger partial charge is 0.480 e. The Bertz CT molecular complexity index is 208. The van der Waals surface area contributed by atoms with Gasteiger partial charge in [-0.15, -0.1) is 0 Å². The highest BCUT2D eigenvalue weighted by molar-refractivity contribution is 7.98. The van der Waals surface area contributed by atoms with Crippen molar-refractivity contribution in [2.75, 3.05) is 12.0 Å². The second-order valence-electron chi connectivity index (χ2n) is 2.86. The molecule has 5 nitrogen and oxygen atoms in total. The average molecular weight is 221 g/mol. The van der Waals surface area contributed by atoms with Crippen LogP contribution in [0, 0.1) is 0 Å². The Labute approximate surface area is 86.9 Å². The zero-order chi connectivity index (χ0) is 11.1. The summed E-state index contributed by atoms with van der Waals surface area (Å²) in [5.74, 6) is -1.08. The number of carbonyl (C=O) groups is 2. The molecule has 3 N–H and O–H groups in total. The molecule has 0 aromatic rings. The summed E-state index contributed by atoms with van der Waals surface area (Å²) in [5.41, 5.74) is 0. The van der Waals surface area contributed by atoms with Gasteiger partial charge in [0.05, 0.1) is 0 Å². The fraction of sp³-hybridized carbons (Fsp3) is 0.750. The van der Waals surface area contributed by atoms with Crippen LogP contribution in [0.3, 0.4) is 0 Å². The molecule has 0 aliphatic rings. The van der Waals surface area contributed by atoms with Gasteiger partial charge in [0.15, 0.2) is 0 Å². The number of carbonyl (C=O) groups excluding carboxylic acids is 1. The molecule has 0 saturated carbocycles. The van der Waals surface area contributed by atoms with Gasteiger partial charge in [0.2, 0.25) is 5.91 Å². The van der Waals surface area contributed by atoms with E-state index < -0.39 is 24.0 Å². The summed E-state index contributed by atoms with van der Waals surface area (Å²) in [6.07, 6.45) is 1.04. The predicted octanol–water partition coefficient (Wildman–Crippen LogP) is -0.310. The fourth-order valence-corrected chi connectivity index (χ4v) is 1.26. The van der Waals surface area contributed by atoms with Gasteiger partial charge in [-0.25, -0.2) is 4.79 Å². The highest BCUT2D eigenvalue weighted by atomic mass is 32.2. The van der Waals surface area contributed by atoms with Crippen LogP contribution in [0.5, 0.6) is 0 Å². The third-order valence-electron chi connectivity index (χ3n) is 1.60. The van der Waals surface area contributed by atoms with Gasteiger partial charge >= 0.3 is 5.97 Å². The summed E-state index contributed by atoms with van der Waals surface area (Å²) >= 11 is 1.51. The fourth-order valence-electron chi connectivity index (χ4n) is 0.785. The Balaban J connectivity index is 4.09. The Morgan fingerprint density at radius 1 is 1.50 bits per heavy atom. The number of hydrogen-bond donors (Lipinski definition) is 3. The Morgan fingerprint density at radius 3 is 2.43 bits per heavy atom. The lowest BCUT2D eigenvalue weighted by atomic mass is 10.2. The third-order valence-corrected chi connectivity index (χ3v) is 2.25. The van der Waals surface area contributed by atoms with Crippen molar-refractivity contribution in [3.05, 3.63) is 0 Å². The lowest BCUT2D eigenvalue weighted by Gasteiger charge is -2.14. The van der Waals surface area contributed by atoms with Crippen molar-refractivity contribution in [2.45, 2.75) is 25.5 Å². The standard InChI is InChI=1S/C8H15NO4S/c1-5(10)7(11)9-6(8(12)13)3-4-14-2/h5-6,10H,3-4H2,1-2H3,(H,9,11)(H,12,13)/t5?,6-/m0/s1. The zero-order valence-electron chi connectivity index (χ0n) is 8.19. The molecular formula is C8H15NO4S. The SMILES string of the molecule is CSCC[C@H](NC(=O)C(C)O)C(=O)O. The van der Waals surface area contributed by atoms with E-state index in [2.05, 4.69) is 5.32 Å². The number of amides is 1. The van der Waals surface area contributed by atoms with Crippen LogP contribution >= 0.6 is 11.8 Å². The monoisotopic (exact) mass is 221 g/mol. The van der Waals surface area contributed by atoms with Crippen molar-refractivity contribution in [3.8, 4) is 0 Å². The van der Waals surface area contributed by atoms with Crippen LogP contribution in [0.2, 0.25) is 0 Å². The van der Waals surface area contributed by atoms with E-state index in [1.54, 1.807) is 0 Å². The molecule has 0 bridgehead atoms. The zero-order valence-corrected chi connectivity index (χ0v) is 9.00. The lowest BCUT2D eigenvalue weighted by molar-refractivity contribution is -0.143. The molecule has 0 aromatic heterocycles. The lowest BCUT2D eigenvalue weighted by Crippen LogP contribution is -2.45. The minimum absolute atomic E-state index is 0.356. The first-order valence-electron chi connectivity index (χ1n) is 4.19. The number of thioether (sulfide) groups is 1. The van der Waals surface area contributed by atoms with E-state index in [0.29, 0.717) is 12.2 Å². The van der Waals surface area contributed by atoms with Gasteiger partial charge in [-0.2, -0.15) is 11.8 Å². The van der Waals surface area contributed by atoms with Crippen molar-refractivity contribution in [1.82, 2.24) is 5.32 Å². The number of aliphatic hydroxyl groups is 1. The number of rotatable bonds is 6. The Kier molecular flexibility index (Phi) is 6.31. The van der Waals surface area contributed by atoms with Gasteiger partial charge in [-0.05, 0) is 25.4 Å². The van der Waals surface area contributed by atoms with Gasteiger partial charge < -0.3 is 15.5 Å². The number of aliphatic hydroxyl groups excluding tert-OH is 1. The van der Waals surface area contributed by atoms with Crippen molar-refractivity contribution >= 4 is 23.6 Å². The van der Waals surface area contributed by atoms with Crippen molar-refractivity contribution < 1.29 is 19.8 Å². The van der Waals surface area contributed by atoms with Crippen LogP contribution < -0.4 is 5.32 Å². The first-order valence-corrected chi connectivity index (χ1v) is 5.58. The number of hydrogen-bond acceptors (Lipinski definition) is 4. The minimum atomic E-state index is -1.17. The molecule has 6 heteroatoms. The minimum Gasteiger partial charge on any atom is -0.480 e. The van der Waals surface area contributed by atoms with E-state index >= 15 is 0 Å². The number of carboxylic acid groups (broad SMARTS) is 1. The second-order valence-corrected chi connectivity index (χ2v) is 3.84. The van der Waals surface area contributed by atoms with Crippen molar-refractivity contribution in [1.29, 1.82) is 0 Å². The molecule has 0 aliphatic heterocycles. The Hall–Kier alpha value is -0.750. The summed E-state index contributed by atoms with van der Waals surface area (Å²) < 4.78 is 0. The van der Waals surface area contributed by atoms with E-state index in [4.69, 9.17) is 10.2 Å².